The molecule has 1 aliphatic carbocycles. The average Bonchev–Trinajstić information content (AvgIpc) is 3.31. The van der Waals surface area contributed by atoms with Gasteiger partial charge >= 0.3 is 0 Å². The van der Waals surface area contributed by atoms with Crippen LogP contribution >= 0.6 is 15.9 Å². The number of pyridine rings is 1. The second kappa shape index (κ2) is 7.05. The first-order valence-corrected chi connectivity index (χ1v) is 8.14. The number of nitrogens with zero attached hydrogens (tertiary/aromatic N) is 1. The predicted octanol–water partition coefficient (Wildman–Crippen LogP) is 3.72. The molecule has 1 heterocycles. The molecule has 0 amide bonds. The van der Waals surface area contributed by atoms with E-state index in [0.717, 1.165) is 29.2 Å². The van der Waals surface area contributed by atoms with Crippen LogP contribution in [0.2, 0.25) is 0 Å². The first kappa shape index (κ1) is 14.5. The number of aromatic nitrogens is 1. The summed E-state index contributed by atoms with van der Waals surface area (Å²) in [6.07, 6.45) is 7.21. The molecule has 3 nitrogen and oxygen atoms in total. The second-order valence-corrected chi connectivity index (χ2v) is 6.29. The number of rotatable bonds is 7. The second-order valence-electron chi connectivity index (χ2n) is 5.37. The van der Waals surface area contributed by atoms with Crippen LogP contribution in [0.1, 0.15) is 24.0 Å². The topological polar surface area (TPSA) is 34.1 Å². The third-order valence-electron chi connectivity index (χ3n) is 3.60. The SMILES string of the molecule is Brc1cncc(OCc2ccccc2CCNC2CC2)c1. The summed E-state index contributed by atoms with van der Waals surface area (Å²) in [4.78, 5) is 4.11. The van der Waals surface area contributed by atoms with Gasteiger partial charge in [-0.25, -0.2) is 0 Å². The minimum atomic E-state index is 0.581. The van der Waals surface area contributed by atoms with Crippen molar-refractivity contribution in [3.8, 4) is 5.75 Å². The van der Waals surface area contributed by atoms with Gasteiger partial charge in [0.05, 0.1) is 6.20 Å². The average molecular weight is 347 g/mol. The lowest BCUT2D eigenvalue weighted by Crippen LogP contribution is -2.19. The third kappa shape index (κ3) is 4.55. The minimum Gasteiger partial charge on any atom is -0.487 e. The van der Waals surface area contributed by atoms with Gasteiger partial charge in [-0.15, -0.1) is 0 Å². The highest BCUT2D eigenvalue weighted by Crippen LogP contribution is 2.20. The Morgan fingerprint density at radius 1 is 1.19 bits per heavy atom. The van der Waals surface area contributed by atoms with Gasteiger partial charge in [0.25, 0.3) is 0 Å². The fourth-order valence-corrected chi connectivity index (χ4v) is 2.62. The summed E-state index contributed by atoms with van der Waals surface area (Å²) in [7, 11) is 0. The van der Waals surface area contributed by atoms with E-state index in [-0.39, 0.29) is 0 Å². The Morgan fingerprint density at radius 2 is 2.00 bits per heavy atom. The van der Waals surface area contributed by atoms with Crippen LogP contribution < -0.4 is 10.1 Å². The number of nitrogens with one attached hydrogen (secondary N) is 1. The fraction of sp³-hybridized carbons (Fsp3) is 0.353. The van der Waals surface area contributed by atoms with E-state index in [1.807, 2.05) is 6.07 Å². The van der Waals surface area contributed by atoms with Crippen molar-refractivity contribution < 1.29 is 4.74 Å². The van der Waals surface area contributed by atoms with Gasteiger partial charge in [-0.05, 0) is 58.9 Å². The highest BCUT2D eigenvalue weighted by molar-refractivity contribution is 9.10. The standard InChI is InChI=1S/C17H19BrN2O/c18-15-9-17(11-19-10-15)21-12-14-4-2-1-3-13(14)7-8-20-16-5-6-16/h1-4,9-11,16,20H,5-8,12H2. The molecule has 0 bridgehead atoms. The van der Waals surface area contributed by atoms with Crippen LogP contribution in [-0.4, -0.2) is 17.6 Å². The molecule has 0 saturated heterocycles. The predicted molar refractivity (Wildman–Crippen MR) is 87.4 cm³/mol. The molecule has 0 spiro atoms. The van der Waals surface area contributed by atoms with E-state index in [1.54, 1.807) is 12.4 Å². The molecular weight excluding hydrogens is 328 g/mol. The van der Waals surface area contributed by atoms with Crippen LogP contribution in [0, 0.1) is 0 Å². The largest absolute Gasteiger partial charge is 0.487 e. The lowest BCUT2D eigenvalue weighted by atomic mass is 10.1. The van der Waals surface area contributed by atoms with Crippen molar-refractivity contribution in [3.05, 3.63) is 58.3 Å². The van der Waals surface area contributed by atoms with E-state index < -0.39 is 0 Å². The molecule has 0 aliphatic heterocycles. The Morgan fingerprint density at radius 3 is 2.76 bits per heavy atom. The van der Waals surface area contributed by atoms with Gasteiger partial charge in [-0.3, -0.25) is 4.98 Å². The van der Waals surface area contributed by atoms with Gasteiger partial charge in [-0.1, -0.05) is 24.3 Å². The summed E-state index contributed by atoms with van der Waals surface area (Å²) in [6.45, 7) is 1.62. The molecule has 0 atom stereocenters. The Bertz CT molecular complexity index is 599. The molecule has 4 heteroatoms. The van der Waals surface area contributed by atoms with Gasteiger partial charge in [0.1, 0.15) is 12.4 Å². The van der Waals surface area contributed by atoms with E-state index >= 15 is 0 Å². The summed E-state index contributed by atoms with van der Waals surface area (Å²) in [5.74, 6) is 0.787. The van der Waals surface area contributed by atoms with Crippen LogP contribution in [0.4, 0.5) is 0 Å². The zero-order chi connectivity index (χ0) is 14.5. The van der Waals surface area contributed by atoms with Crippen molar-refractivity contribution >= 4 is 15.9 Å². The van der Waals surface area contributed by atoms with Crippen LogP contribution in [0.15, 0.2) is 47.2 Å². The van der Waals surface area contributed by atoms with Gasteiger partial charge in [0.15, 0.2) is 0 Å². The van der Waals surface area contributed by atoms with E-state index in [9.17, 15) is 0 Å². The summed E-state index contributed by atoms with van der Waals surface area (Å²) >= 11 is 3.41. The molecule has 1 saturated carbocycles. The first-order chi connectivity index (χ1) is 10.3. The van der Waals surface area contributed by atoms with Crippen molar-refractivity contribution in [2.75, 3.05) is 6.54 Å². The van der Waals surface area contributed by atoms with Crippen molar-refractivity contribution in [2.24, 2.45) is 0 Å². The molecular formula is C17H19BrN2O. The number of ether oxygens (including phenoxy) is 1. The number of benzene rings is 1. The van der Waals surface area contributed by atoms with E-state index in [0.29, 0.717) is 6.61 Å². The lowest BCUT2D eigenvalue weighted by molar-refractivity contribution is 0.303. The third-order valence-corrected chi connectivity index (χ3v) is 4.03. The fourth-order valence-electron chi connectivity index (χ4n) is 2.27. The molecule has 0 radical (unpaired) electrons. The number of hydrogen-bond donors (Lipinski definition) is 1. The van der Waals surface area contributed by atoms with E-state index in [4.69, 9.17) is 4.74 Å². The summed E-state index contributed by atoms with van der Waals surface area (Å²) in [6, 6.07) is 11.2. The number of halogens is 1. The Kier molecular flexibility index (Phi) is 4.88. The Hall–Kier alpha value is -1.39. The van der Waals surface area contributed by atoms with Gasteiger partial charge in [0.2, 0.25) is 0 Å². The normalized spacial score (nSPS) is 14.1. The van der Waals surface area contributed by atoms with Crippen LogP contribution in [0.25, 0.3) is 0 Å². The van der Waals surface area contributed by atoms with Crippen molar-refractivity contribution in [1.82, 2.24) is 10.3 Å². The monoisotopic (exact) mass is 346 g/mol. The molecule has 1 aliphatic rings. The van der Waals surface area contributed by atoms with Crippen molar-refractivity contribution in [2.45, 2.75) is 31.9 Å². The van der Waals surface area contributed by atoms with E-state index in [1.165, 1.54) is 24.0 Å². The highest BCUT2D eigenvalue weighted by Gasteiger charge is 2.19. The van der Waals surface area contributed by atoms with Crippen LogP contribution in [0.3, 0.4) is 0 Å². The van der Waals surface area contributed by atoms with Crippen molar-refractivity contribution in [3.63, 3.8) is 0 Å². The zero-order valence-electron chi connectivity index (χ0n) is 11.9. The molecule has 21 heavy (non-hydrogen) atoms. The van der Waals surface area contributed by atoms with Gasteiger partial charge < -0.3 is 10.1 Å². The maximum Gasteiger partial charge on any atom is 0.139 e. The van der Waals surface area contributed by atoms with E-state index in [2.05, 4.69) is 50.5 Å². The smallest absolute Gasteiger partial charge is 0.139 e. The molecule has 110 valence electrons. The van der Waals surface area contributed by atoms with Crippen LogP contribution in [-0.2, 0) is 13.0 Å². The molecule has 1 N–H and O–H groups in total. The van der Waals surface area contributed by atoms with Gasteiger partial charge in [0, 0.05) is 16.7 Å². The molecule has 3 rings (SSSR count). The zero-order valence-corrected chi connectivity index (χ0v) is 13.5. The molecule has 1 aromatic carbocycles. The first-order valence-electron chi connectivity index (χ1n) is 7.35. The lowest BCUT2D eigenvalue weighted by Gasteiger charge is -2.11. The Balaban J connectivity index is 1.58. The quantitative estimate of drug-likeness (QED) is 0.829. The Labute approximate surface area is 133 Å². The highest BCUT2D eigenvalue weighted by atomic mass is 79.9. The minimum absolute atomic E-state index is 0.581. The molecule has 0 unspecified atom stereocenters. The summed E-state index contributed by atoms with van der Waals surface area (Å²) < 4.78 is 6.77. The molecule has 2 aromatic rings. The summed E-state index contributed by atoms with van der Waals surface area (Å²) in [5.41, 5.74) is 2.60. The maximum absolute atomic E-state index is 5.84. The van der Waals surface area contributed by atoms with Crippen LogP contribution in [0.5, 0.6) is 5.75 Å². The number of hydrogen-bond acceptors (Lipinski definition) is 3. The van der Waals surface area contributed by atoms with Crippen molar-refractivity contribution in [1.29, 1.82) is 0 Å². The molecule has 1 fully saturated rings. The summed E-state index contributed by atoms with van der Waals surface area (Å²) in [5, 5.41) is 3.56. The molecule has 1 aromatic heterocycles. The maximum atomic E-state index is 5.84. The van der Waals surface area contributed by atoms with Gasteiger partial charge in [-0.2, -0.15) is 0 Å².